The lowest BCUT2D eigenvalue weighted by atomic mass is 9.78. The largest absolute Gasteiger partial charge is 0.378 e. The summed E-state index contributed by atoms with van der Waals surface area (Å²) in [6, 6.07) is 0. The number of aromatic nitrogens is 1. The SMILES string of the molecule is CCC1(C)CCN(c2nc(COC)c(CNC)s2)CC1. The van der Waals surface area contributed by atoms with Crippen molar-refractivity contribution in [3.63, 3.8) is 0 Å². The van der Waals surface area contributed by atoms with Gasteiger partial charge in [0, 0.05) is 31.6 Å². The fraction of sp³-hybridized carbons (Fsp3) is 0.800. The van der Waals surface area contributed by atoms with Crippen molar-refractivity contribution < 1.29 is 4.74 Å². The Morgan fingerprint density at radius 1 is 1.40 bits per heavy atom. The second-order valence-corrected chi connectivity index (χ2v) is 7.04. The monoisotopic (exact) mass is 297 g/mol. The molecule has 0 aromatic carbocycles. The van der Waals surface area contributed by atoms with Gasteiger partial charge in [-0.1, -0.05) is 20.3 Å². The third kappa shape index (κ3) is 3.51. The molecule has 2 rings (SSSR count). The molecule has 0 bridgehead atoms. The molecule has 0 radical (unpaired) electrons. The van der Waals surface area contributed by atoms with Crippen molar-refractivity contribution in [2.45, 2.75) is 46.3 Å². The van der Waals surface area contributed by atoms with Crippen LogP contribution < -0.4 is 10.2 Å². The smallest absolute Gasteiger partial charge is 0.185 e. The summed E-state index contributed by atoms with van der Waals surface area (Å²) in [5.74, 6) is 0. The number of ether oxygens (including phenoxy) is 1. The zero-order valence-corrected chi connectivity index (χ0v) is 14.0. The first-order valence-electron chi connectivity index (χ1n) is 7.49. The van der Waals surface area contributed by atoms with E-state index in [1.165, 1.54) is 29.3 Å². The van der Waals surface area contributed by atoms with Crippen LogP contribution >= 0.6 is 11.3 Å². The number of hydrogen-bond acceptors (Lipinski definition) is 5. The predicted octanol–water partition coefficient (Wildman–Crippen LogP) is 3.03. The van der Waals surface area contributed by atoms with Crippen LogP contribution in [0.15, 0.2) is 0 Å². The number of anilines is 1. The Kier molecular flexibility index (Phi) is 5.41. The molecule has 1 saturated heterocycles. The maximum atomic E-state index is 5.26. The van der Waals surface area contributed by atoms with E-state index in [4.69, 9.17) is 9.72 Å². The second-order valence-electron chi connectivity index (χ2n) is 5.98. The maximum absolute atomic E-state index is 5.26. The van der Waals surface area contributed by atoms with Crippen LogP contribution in [0, 0.1) is 5.41 Å². The molecule has 1 aliphatic rings. The molecular weight excluding hydrogens is 270 g/mol. The van der Waals surface area contributed by atoms with Crippen molar-refractivity contribution in [1.29, 1.82) is 0 Å². The van der Waals surface area contributed by atoms with Crippen molar-refractivity contribution in [2.24, 2.45) is 5.41 Å². The highest BCUT2D eigenvalue weighted by atomic mass is 32.1. The first-order chi connectivity index (χ1) is 9.61. The molecule has 0 unspecified atom stereocenters. The molecule has 5 heteroatoms. The minimum atomic E-state index is 0.525. The Bertz CT molecular complexity index is 401. The van der Waals surface area contributed by atoms with E-state index in [0.29, 0.717) is 12.0 Å². The average Bonchev–Trinajstić information content (AvgIpc) is 2.84. The van der Waals surface area contributed by atoms with E-state index in [-0.39, 0.29) is 0 Å². The van der Waals surface area contributed by atoms with Gasteiger partial charge >= 0.3 is 0 Å². The highest BCUT2D eigenvalue weighted by Crippen LogP contribution is 2.37. The Balaban J connectivity index is 2.07. The van der Waals surface area contributed by atoms with E-state index in [0.717, 1.165) is 25.3 Å². The van der Waals surface area contributed by atoms with E-state index in [2.05, 4.69) is 24.1 Å². The number of hydrogen-bond donors (Lipinski definition) is 1. The lowest BCUT2D eigenvalue weighted by Gasteiger charge is -2.38. The predicted molar refractivity (Wildman–Crippen MR) is 85.4 cm³/mol. The summed E-state index contributed by atoms with van der Waals surface area (Å²) in [5, 5.41) is 4.38. The van der Waals surface area contributed by atoms with E-state index in [9.17, 15) is 0 Å². The van der Waals surface area contributed by atoms with Gasteiger partial charge in [-0.3, -0.25) is 0 Å². The van der Waals surface area contributed by atoms with Crippen LogP contribution in [0.4, 0.5) is 5.13 Å². The van der Waals surface area contributed by atoms with Gasteiger partial charge in [0.15, 0.2) is 5.13 Å². The van der Waals surface area contributed by atoms with Crippen LogP contribution in [-0.2, 0) is 17.9 Å². The normalized spacial score (nSPS) is 18.5. The van der Waals surface area contributed by atoms with Gasteiger partial charge in [0.05, 0.1) is 12.3 Å². The van der Waals surface area contributed by atoms with Crippen LogP contribution in [0.3, 0.4) is 0 Å². The van der Waals surface area contributed by atoms with Gasteiger partial charge in [-0.2, -0.15) is 0 Å². The van der Waals surface area contributed by atoms with Crippen LogP contribution in [0.5, 0.6) is 0 Å². The fourth-order valence-corrected chi connectivity index (χ4v) is 3.77. The molecule has 0 atom stereocenters. The summed E-state index contributed by atoms with van der Waals surface area (Å²) in [4.78, 5) is 8.54. The minimum absolute atomic E-state index is 0.525. The molecule has 1 N–H and O–H groups in total. The zero-order chi connectivity index (χ0) is 14.6. The topological polar surface area (TPSA) is 37.4 Å². The summed E-state index contributed by atoms with van der Waals surface area (Å²) in [6.07, 6.45) is 3.81. The van der Waals surface area contributed by atoms with Gasteiger partial charge in [0.2, 0.25) is 0 Å². The molecule has 1 aliphatic heterocycles. The summed E-state index contributed by atoms with van der Waals surface area (Å²) in [5.41, 5.74) is 1.61. The Morgan fingerprint density at radius 3 is 2.65 bits per heavy atom. The lowest BCUT2D eigenvalue weighted by Crippen LogP contribution is -2.38. The van der Waals surface area contributed by atoms with Crippen molar-refractivity contribution in [2.75, 3.05) is 32.1 Å². The first-order valence-corrected chi connectivity index (χ1v) is 8.30. The van der Waals surface area contributed by atoms with Crippen LogP contribution in [0.2, 0.25) is 0 Å². The molecule has 114 valence electrons. The number of methoxy groups -OCH3 is 1. The highest BCUT2D eigenvalue weighted by molar-refractivity contribution is 7.15. The molecule has 1 aromatic rings. The third-order valence-electron chi connectivity index (χ3n) is 4.48. The Labute approximate surface area is 126 Å². The van der Waals surface area contributed by atoms with Crippen molar-refractivity contribution in [3.05, 3.63) is 10.6 Å². The van der Waals surface area contributed by atoms with Crippen LogP contribution in [0.25, 0.3) is 0 Å². The number of piperidine rings is 1. The van der Waals surface area contributed by atoms with E-state index in [1.807, 2.05) is 18.4 Å². The molecule has 0 aliphatic carbocycles. The maximum Gasteiger partial charge on any atom is 0.185 e. The minimum Gasteiger partial charge on any atom is -0.378 e. The van der Waals surface area contributed by atoms with Gasteiger partial charge in [-0.25, -0.2) is 4.98 Å². The standard InChI is InChI=1S/C15H27N3OS/c1-5-15(2)6-8-18(9-7-15)14-17-12(11-19-4)13(20-14)10-16-3/h16H,5-11H2,1-4H3. The van der Waals surface area contributed by atoms with Crippen molar-refractivity contribution in [1.82, 2.24) is 10.3 Å². The van der Waals surface area contributed by atoms with Crippen LogP contribution in [0.1, 0.15) is 43.7 Å². The molecule has 4 nitrogen and oxygen atoms in total. The summed E-state index contributed by atoms with van der Waals surface area (Å²) >= 11 is 1.81. The first kappa shape index (κ1) is 15.7. The van der Waals surface area contributed by atoms with E-state index >= 15 is 0 Å². The number of thiazole rings is 1. The molecule has 20 heavy (non-hydrogen) atoms. The van der Waals surface area contributed by atoms with E-state index < -0.39 is 0 Å². The third-order valence-corrected chi connectivity index (χ3v) is 5.64. The van der Waals surface area contributed by atoms with Crippen molar-refractivity contribution in [3.8, 4) is 0 Å². The van der Waals surface area contributed by atoms with Gasteiger partial charge in [0.25, 0.3) is 0 Å². The van der Waals surface area contributed by atoms with Gasteiger partial charge in [-0.15, -0.1) is 11.3 Å². The zero-order valence-electron chi connectivity index (χ0n) is 13.2. The highest BCUT2D eigenvalue weighted by Gasteiger charge is 2.29. The summed E-state index contributed by atoms with van der Waals surface area (Å²) in [7, 11) is 3.71. The Hall–Kier alpha value is -0.650. The average molecular weight is 297 g/mol. The van der Waals surface area contributed by atoms with E-state index in [1.54, 1.807) is 7.11 Å². The molecule has 0 amide bonds. The summed E-state index contributed by atoms with van der Waals surface area (Å²) in [6.45, 7) is 8.45. The van der Waals surface area contributed by atoms with Gasteiger partial charge in [0.1, 0.15) is 0 Å². The van der Waals surface area contributed by atoms with Crippen LogP contribution in [-0.4, -0.2) is 32.2 Å². The fourth-order valence-electron chi connectivity index (χ4n) is 2.64. The van der Waals surface area contributed by atoms with Gasteiger partial charge in [-0.05, 0) is 25.3 Å². The Morgan fingerprint density at radius 2 is 2.10 bits per heavy atom. The molecule has 1 aromatic heterocycles. The molecular formula is C15H27N3OS. The number of nitrogens with zero attached hydrogens (tertiary/aromatic N) is 2. The molecule has 2 heterocycles. The number of rotatable bonds is 6. The van der Waals surface area contributed by atoms with Crippen molar-refractivity contribution >= 4 is 16.5 Å². The summed E-state index contributed by atoms with van der Waals surface area (Å²) < 4.78 is 5.26. The van der Waals surface area contributed by atoms with Gasteiger partial charge < -0.3 is 15.0 Å². The molecule has 0 spiro atoms. The lowest BCUT2D eigenvalue weighted by molar-refractivity contribution is 0.181. The number of nitrogens with one attached hydrogen (secondary N) is 1. The molecule has 0 saturated carbocycles. The molecule has 1 fully saturated rings. The second kappa shape index (κ2) is 6.87. The quantitative estimate of drug-likeness (QED) is 0.876.